The Morgan fingerprint density at radius 3 is 2.54 bits per heavy atom. The maximum Gasteiger partial charge on any atom is 0.237 e. The molecule has 0 aliphatic carbocycles. The highest BCUT2D eigenvalue weighted by Crippen LogP contribution is 2.38. The molecule has 5 nitrogen and oxygen atoms in total. The monoisotopic (exact) mass is 358 g/mol. The van der Waals surface area contributed by atoms with Crippen LogP contribution in [0.3, 0.4) is 0 Å². The van der Waals surface area contributed by atoms with Gasteiger partial charge in [0.05, 0.1) is 6.54 Å². The fraction of sp³-hybridized carbons (Fsp3) is 0.667. The van der Waals surface area contributed by atoms with Crippen molar-refractivity contribution in [2.75, 3.05) is 26.3 Å². The molecule has 3 aliphatic rings. The minimum Gasteiger partial charge on any atom is -0.486 e. The number of hydrogen-bond acceptors (Lipinski definition) is 4. The first kappa shape index (κ1) is 17.7. The smallest absolute Gasteiger partial charge is 0.237 e. The lowest BCUT2D eigenvalue weighted by Crippen LogP contribution is -2.51. The Hall–Kier alpha value is -1.75. The van der Waals surface area contributed by atoms with E-state index in [0.717, 1.165) is 43.7 Å². The van der Waals surface area contributed by atoms with Gasteiger partial charge in [0.25, 0.3) is 0 Å². The van der Waals surface area contributed by atoms with Gasteiger partial charge in [-0.2, -0.15) is 0 Å². The molecule has 0 saturated carbocycles. The van der Waals surface area contributed by atoms with Gasteiger partial charge in [0.1, 0.15) is 13.2 Å². The second kappa shape index (κ2) is 7.47. The van der Waals surface area contributed by atoms with Crippen molar-refractivity contribution in [1.82, 2.24) is 9.80 Å². The third-order valence-corrected chi connectivity index (χ3v) is 6.13. The van der Waals surface area contributed by atoms with Gasteiger partial charge in [-0.25, -0.2) is 0 Å². The summed E-state index contributed by atoms with van der Waals surface area (Å²) < 4.78 is 11.4. The molecule has 3 atom stereocenters. The van der Waals surface area contributed by atoms with Gasteiger partial charge in [-0.1, -0.05) is 6.07 Å². The third-order valence-electron chi connectivity index (χ3n) is 6.13. The molecule has 1 aromatic rings. The summed E-state index contributed by atoms with van der Waals surface area (Å²) in [7, 11) is 0. The second-order valence-corrected chi connectivity index (χ2v) is 7.96. The fourth-order valence-electron chi connectivity index (χ4n) is 4.83. The molecule has 1 aromatic carbocycles. The van der Waals surface area contributed by atoms with Crippen molar-refractivity contribution in [2.45, 2.75) is 64.1 Å². The van der Waals surface area contributed by atoms with E-state index < -0.39 is 0 Å². The molecule has 4 rings (SSSR count). The van der Waals surface area contributed by atoms with Crippen molar-refractivity contribution in [2.24, 2.45) is 0 Å². The number of hydrogen-bond donors (Lipinski definition) is 0. The first-order valence-corrected chi connectivity index (χ1v) is 10.1. The molecule has 1 amide bonds. The average molecular weight is 358 g/mol. The van der Waals surface area contributed by atoms with Gasteiger partial charge in [-0.15, -0.1) is 0 Å². The minimum atomic E-state index is 0.286. The largest absolute Gasteiger partial charge is 0.486 e. The van der Waals surface area contributed by atoms with Crippen LogP contribution in [0, 0.1) is 0 Å². The van der Waals surface area contributed by atoms with Crippen LogP contribution >= 0.6 is 0 Å². The van der Waals surface area contributed by atoms with Crippen LogP contribution in [-0.4, -0.2) is 54.1 Å². The summed E-state index contributed by atoms with van der Waals surface area (Å²) in [6, 6.07) is 7.27. The lowest BCUT2D eigenvalue weighted by atomic mass is 9.97. The normalized spacial score (nSPS) is 29.0. The van der Waals surface area contributed by atoms with Crippen LogP contribution in [0.15, 0.2) is 18.2 Å². The maximum atomic E-state index is 13.0. The molecule has 26 heavy (non-hydrogen) atoms. The van der Waals surface area contributed by atoms with Crippen molar-refractivity contribution in [3.63, 3.8) is 0 Å². The summed E-state index contributed by atoms with van der Waals surface area (Å²) in [6.07, 6.45) is 5.72. The zero-order chi connectivity index (χ0) is 18.1. The second-order valence-electron chi connectivity index (χ2n) is 7.96. The summed E-state index contributed by atoms with van der Waals surface area (Å²) in [4.78, 5) is 17.5. The van der Waals surface area contributed by atoms with Gasteiger partial charge in [0.15, 0.2) is 11.5 Å². The number of ether oxygens (including phenoxy) is 2. The van der Waals surface area contributed by atoms with Crippen LogP contribution in [0.25, 0.3) is 0 Å². The Morgan fingerprint density at radius 1 is 1.04 bits per heavy atom. The van der Waals surface area contributed by atoms with Crippen LogP contribution in [0.2, 0.25) is 0 Å². The van der Waals surface area contributed by atoms with Crippen LogP contribution in [0.5, 0.6) is 11.5 Å². The average Bonchev–Trinajstić information content (AvgIpc) is 3.09. The number of amides is 1. The molecule has 2 fully saturated rings. The summed E-state index contributed by atoms with van der Waals surface area (Å²) in [5, 5.41) is 0. The molecular formula is C21H30N2O3. The summed E-state index contributed by atoms with van der Waals surface area (Å²) in [5.74, 6) is 1.95. The Kier molecular flexibility index (Phi) is 5.07. The van der Waals surface area contributed by atoms with Gasteiger partial charge in [0.2, 0.25) is 5.91 Å². The molecule has 5 heteroatoms. The number of piperidine rings is 1. The quantitative estimate of drug-likeness (QED) is 0.831. The molecule has 3 aliphatic heterocycles. The number of rotatable bonds is 3. The van der Waals surface area contributed by atoms with Gasteiger partial charge in [-0.3, -0.25) is 9.69 Å². The van der Waals surface area contributed by atoms with Crippen LogP contribution in [0.1, 0.15) is 57.6 Å². The lowest BCUT2D eigenvalue weighted by Gasteiger charge is -2.40. The lowest BCUT2D eigenvalue weighted by molar-refractivity contribution is -0.138. The van der Waals surface area contributed by atoms with Crippen molar-refractivity contribution in [1.29, 1.82) is 0 Å². The number of carbonyl (C=O) groups is 1. The zero-order valence-electron chi connectivity index (χ0n) is 15.9. The van der Waals surface area contributed by atoms with Crippen molar-refractivity contribution >= 4 is 5.91 Å². The zero-order valence-corrected chi connectivity index (χ0v) is 15.9. The first-order chi connectivity index (χ1) is 12.6. The predicted octanol–water partition coefficient (Wildman–Crippen LogP) is 3.38. The summed E-state index contributed by atoms with van der Waals surface area (Å²) in [5.41, 5.74) is 1.24. The predicted molar refractivity (Wildman–Crippen MR) is 101 cm³/mol. The SMILES string of the molecule is C[C@@H]1CCC[C@@H](C)N1C(=O)CN1CCC[C@@H]1c1ccc2c(c1)OCCO2. The van der Waals surface area contributed by atoms with Gasteiger partial charge in [0, 0.05) is 18.1 Å². The summed E-state index contributed by atoms with van der Waals surface area (Å²) in [6.45, 7) is 7.11. The van der Waals surface area contributed by atoms with Crippen molar-refractivity contribution in [3.8, 4) is 11.5 Å². The van der Waals surface area contributed by atoms with E-state index >= 15 is 0 Å². The molecule has 2 saturated heterocycles. The Labute approximate surface area is 156 Å². The third kappa shape index (κ3) is 3.41. The van der Waals surface area contributed by atoms with E-state index in [4.69, 9.17) is 9.47 Å². The van der Waals surface area contributed by atoms with E-state index in [1.54, 1.807) is 0 Å². The Balaban J connectivity index is 1.47. The van der Waals surface area contributed by atoms with E-state index in [-0.39, 0.29) is 5.91 Å². The Morgan fingerprint density at radius 2 is 1.77 bits per heavy atom. The molecule has 142 valence electrons. The molecule has 0 spiro atoms. The van der Waals surface area contributed by atoms with Crippen LogP contribution in [-0.2, 0) is 4.79 Å². The molecule has 0 N–H and O–H groups in total. The molecule has 0 unspecified atom stereocenters. The number of nitrogens with zero attached hydrogens (tertiary/aromatic N) is 2. The van der Waals surface area contributed by atoms with Crippen LogP contribution < -0.4 is 9.47 Å². The molecule has 3 heterocycles. The number of fused-ring (bicyclic) bond motifs is 1. The van der Waals surface area contributed by atoms with E-state index in [9.17, 15) is 4.79 Å². The minimum absolute atomic E-state index is 0.286. The van der Waals surface area contributed by atoms with Gasteiger partial charge < -0.3 is 14.4 Å². The summed E-state index contributed by atoms with van der Waals surface area (Å²) >= 11 is 0. The topological polar surface area (TPSA) is 42.0 Å². The molecule has 0 radical (unpaired) electrons. The highest BCUT2D eigenvalue weighted by molar-refractivity contribution is 5.79. The Bertz CT molecular complexity index is 653. The van der Waals surface area contributed by atoms with E-state index in [1.807, 2.05) is 6.07 Å². The number of benzene rings is 1. The van der Waals surface area contributed by atoms with Gasteiger partial charge >= 0.3 is 0 Å². The van der Waals surface area contributed by atoms with E-state index in [1.165, 1.54) is 12.0 Å². The van der Waals surface area contributed by atoms with Crippen molar-refractivity contribution in [3.05, 3.63) is 23.8 Å². The van der Waals surface area contributed by atoms with Crippen LogP contribution in [0.4, 0.5) is 0 Å². The molecule has 0 bridgehead atoms. The van der Waals surface area contributed by atoms with E-state index in [2.05, 4.69) is 35.8 Å². The molecule has 0 aromatic heterocycles. The highest BCUT2D eigenvalue weighted by atomic mass is 16.6. The highest BCUT2D eigenvalue weighted by Gasteiger charge is 2.33. The van der Waals surface area contributed by atoms with Gasteiger partial charge in [-0.05, 0) is 70.2 Å². The number of likely N-dealkylation sites (tertiary alicyclic amines) is 2. The first-order valence-electron chi connectivity index (χ1n) is 10.1. The van der Waals surface area contributed by atoms with E-state index in [0.29, 0.717) is 37.9 Å². The molecular weight excluding hydrogens is 328 g/mol. The van der Waals surface area contributed by atoms with Crippen molar-refractivity contribution < 1.29 is 14.3 Å². The number of carbonyl (C=O) groups excluding carboxylic acids is 1. The maximum absolute atomic E-state index is 13.0. The standard InChI is InChI=1S/C21H30N2O3/c1-15-5-3-6-16(2)23(15)21(24)14-22-10-4-7-18(22)17-8-9-19-20(13-17)26-12-11-25-19/h8-9,13,15-16,18H,3-7,10-12,14H2,1-2H3/t15-,16-,18-/m1/s1. The fourth-order valence-corrected chi connectivity index (χ4v) is 4.83.